The average molecular weight is 374 g/mol. The number of nitrogens with zero attached hydrogens (tertiary/aromatic N) is 3. The number of benzene rings is 1. The standard InChI is InChI=1S/C14H13ClFN3O4S/c1-9-12-3-2-4-17(12)5-6-18(9)24(22,23)14-7-10(15)13(19(20)21)8-11(14)16/h2-4,7-9H,5-6H2,1H3/t9-/m0/s1. The summed E-state index contributed by atoms with van der Waals surface area (Å²) >= 11 is 5.75. The van der Waals surface area contributed by atoms with Crippen LogP contribution in [-0.4, -0.2) is 28.8 Å². The molecule has 128 valence electrons. The minimum absolute atomic E-state index is 0.166. The topological polar surface area (TPSA) is 85.5 Å². The summed E-state index contributed by atoms with van der Waals surface area (Å²) in [7, 11) is -4.19. The first-order valence-corrected chi connectivity index (χ1v) is 8.85. The van der Waals surface area contributed by atoms with Crippen molar-refractivity contribution in [1.82, 2.24) is 8.87 Å². The Morgan fingerprint density at radius 2 is 2.08 bits per heavy atom. The van der Waals surface area contributed by atoms with Gasteiger partial charge in [-0.15, -0.1) is 0 Å². The summed E-state index contributed by atoms with van der Waals surface area (Å²) in [6, 6.07) is 4.45. The van der Waals surface area contributed by atoms with E-state index in [1.54, 1.807) is 13.0 Å². The Morgan fingerprint density at radius 3 is 2.75 bits per heavy atom. The van der Waals surface area contributed by atoms with E-state index in [9.17, 15) is 22.9 Å². The Balaban J connectivity index is 2.06. The first kappa shape index (κ1) is 16.9. The number of fused-ring (bicyclic) bond motifs is 1. The van der Waals surface area contributed by atoms with Crippen LogP contribution in [-0.2, 0) is 16.6 Å². The van der Waals surface area contributed by atoms with Crippen molar-refractivity contribution in [3.63, 3.8) is 0 Å². The number of nitro groups is 1. The SMILES string of the molecule is C[C@H]1c2cccn2CCN1S(=O)(=O)c1cc(Cl)c([N+](=O)[O-])cc1F. The van der Waals surface area contributed by atoms with Crippen molar-refractivity contribution in [2.45, 2.75) is 24.4 Å². The molecule has 0 aliphatic carbocycles. The lowest BCUT2D eigenvalue weighted by molar-refractivity contribution is -0.384. The molecule has 0 amide bonds. The van der Waals surface area contributed by atoms with Crippen LogP contribution in [0.15, 0.2) is 35.4 Å². The number of aromatic nitrogens is 1. The van der Waals surface area contributed by atoms with Crippen molar-refractivity contribution < 1.29 is 17.7 Å². The third-order valence-electron chi connectivity index (χ3n) is 4.07. The number of sulfonamides is 1. The summed E-state index contributed by atoms with van der Waals surface area (Å²) in [6.45, 7) is 2.31. The molecule has 1 aromatic carbocycles. The molecule has 0 saturated carbocycles. The van der Waals surface area contributed by atoms with Crippen LogP contribution in [0.1, 0.15) is 18.7 Å². The highest BCUT2D eigenvalue weighted by Gasteiger charge is 2.36. The first-order valence-electron chi connectivity index (χ1n) is 7.04. The molecule has 3 rings (SSSR count). The van der Waals surface area contributed by atoms with Gasteiger partial charge in [0.1, 0.15) is 15.7 Å². The maximum absolute atomic E-state index is 14.2. The van der Waals surface area contributed by atoms with E-state index < -0.39 is 42.4 Å². The zero-order chi connectivity index (χ0) is 17.6. The monoisotopic (exact) mass is 373 g/mol. The van der Waals surface area contributed by atoms with Crippen molar-refractivity contribution >= 4 is 27.3 Å². The lowest BCUT2D eigenvalue weighted by atomic mass is 10.2. The van der Waals surface area contributed by atoms with Crippen LogP contribution in [0.2, 0.25) is 5.02 Å². The number of hydrogen-bond donors (Lipinski definition) is 0. The predicted octanol–water partition coefficient (Wildman–Crippen LogP) is 2.95. The second-order valence-corrected chi connectivity index (χ2v) is 7.68. The minimum Gasteiger partial charge on any atom is -0.349 e. The van der Waals surface area contributed by atoms with Crippen molar-refractivity contribution in [2.75, 3.05) is 6.54 Å². The Kier molecular flexibility index (Phi) is 4.10. The molecule has 1 aliphatic rings. The van der Waals surface area contributed by atoms with Gasteiger partial charge in [0, 0.05) is 25.0 Å². The van der Waals surface area contributed by atoms with E-state index in [1.807, 2.05) is 16.8 Å². The maximum atomic E-state index is 14.2. The zero-order valence-corrected chi connectivity index (χ0v) is 14.1. The molecule has 0 unspecified atom stereocenters. The van der Waals surface area contributed by atoms with Crippen molar-refractivity contribution in [2.24, 2.45) is 0 Å². The fourth-order valence-corrected chi connectivity index (χ4v) is 4.84. The van der Waals surface area contributed by atoms with Crippen LogP contribution >= 0.6 is 11.6 Å². The summed E-state index contributed by atoms with van der Waals surface area (Å²) in [5, 5.41) is 10.4. The summed E-state index contributed by atoms with van der Waals surface area (Å²) in [6.07, 6.45) is 1.85. The molecule has 7 nitrogen and oxygen atoms in total. The van der Waals surface area contributed by atoms with E-state index in [4.69, 9.17) is 11.6 Å². The quantitative estimate of drug-likeness (QED) is 0.611. The number of rotatable bonds is 3. The van der Waals surface area contributed by atoms with Crippen LogP contribution in [0.5, 0.6) is 0 Å². The van der Waals surface area contributed by atoms with Crippen molar-refractivity contribution in [1.29, 1.82) is 0 Å². The molecule has 1 atom stereocenters. The van der Waals surface area contributed by atoms with Gasteiger partial charge in [-0.2, -0.15) is 4.31 Å². The molecule has 24 heavy (non-hydrogen) atoms. The van der Waals surface area contributed by atoms with Gasteiger partial charge in [0.05, 0.1) is 17.0 Å². The third kappa shape index (κ3) is 2.58. The van der Waals surface area contributed by atoms with Crippen molar-refractivity contribution in [3.8, 4) is 0 Å². The van der Waals surface area contributed by atoms with Gasteiger partial charge < -0.3 is 4.57 Å². The normalized spacial score (nSPS) is 18.4. The Labute approximate surface area is 142 Å². The second kappa shape index (κ2) is 5.83. The van der Waals surface area contributed by atoms with E-state index in [1.165, 1.54) is 4.31 Å². The first-order chi connectivity index (χ1) is 11.2. The van der Waals surface area contributed by atoms with E-state index >= 15 is 0 Å². The molecule has 0 bridgehead atoms. The van der Waals surface area contributed by atoms with E-state index in [0.717, 1.165) is 11.8 Å². The van der Waals surface area contributed by atoms with Gasteiger partial charge in [-0.1, -0.05) is 11.6 Å². The Bertz CT molecular complexity index is 928. The number of halogens is 2. The van der Waals surface area contributed by atoms with Crippen LogP contribution in [0.25, 0.3) is 0 Å². The maximum Gasteiger partial charge on any atom is 0.290 e. The predicted molar refractivity (Wildman–Crippen MR) is 84.8 cm³/mol. The van der Waals surface area contributed by atoms with E-state index in [2.05, 4.69) is 0 Å². The Hall–Kier alpha value is -1.97. The van der Waals surface area contributed by atoms with Gasteiger partial charge in [0.2, 0.25) is 10.0 Å². The zero-order valence-electron chi connectivity index (χ0n) is 12.5. The molecule has 2 heterocycles. The van der Waals surface area contributed by atoms with E-state index in [-0.39, 0.29) is 6.54 Å². The summed E-state index contributed by atoms with van der Waals surface area (Å²) in [5.74, 6) is -1.20. The smallest absolute Gasteiger partial charge is 0.290 e. The molecule has 2 aromatic rings. The molecular formula is C14H13ClFN3O4S. The van der Waals surface area contributed by atoms with Crippen LogP contribution in [0, 0.1) is 15.9 Å². The summed E-state index contributed by atoms with van der Waals surface area (Å²) in [5.41, 5.74) is 0.118. The summed E-state index contributed by atoms with van der Waals surface area (Å²) < 4.78 is 43.0. The fraction of sp³-hybridized carbons (Fsp3) is 0.286. The molecule has 1 aromatic heterocycles. The van der Waals surface area contributed by atoms with Gasteiger partial charge in [0.25, 0.3) is 5.69 Å². The van der Waals surface area contributed by atoms with Gasteiger partial charge in [-0.05, 0) is 25.1 Å². The molecule has 0 fully saturated rings. The van der Waals surface area contributed by atoms with E-state index in [0.29, 0.717) is 12.6 Å². The molecule has 0 N–H and O–H groups in total. The van der Waals surface area contributed by atoms with Gasteiger partial charge >= 0.3 is 0 Å². The number of hydrogen-bond acceptors (Lipinski definition) is 4. The Morgan fingerprint density at radius 1 is 1.38 bits per heavy atom. The average Bonchev–Trinajstić information content (AvgIpc) is 2.98. The second-order valence-electron chi connectivity index (χ2n) is 5.41. The molecule has 0 spiro atoms. The fourth-order valence-electron chi connectivity index (χ4n) is 2.87. The lowest BCUT2D eigenvalue weighted by Gasteiger charge is -2.33. The number of nitro benzene ring substituents is 1. The molecule has 1 aliphatic heterocycles. The molecule has 0 saturated heterocycles. The van der Waals surface area contributed by atoms with Crippen LogP contribution in [0.3, 0.4) is 0 Å². The highest BCUT2D eigenvalue weighted by atomic mass is 35.5. The highest BCUT2D eigenvalue weighted by Crippen LogP contribution is 2.35. The van der Waals surface area contributed by atoms with Crippen LogP contribution < -0.4 is 0 Å². The lowest BCUT2D eigenvalue weighted by Crippen LogP contribution is -2.40. The van der Waals surface area contributed by atoms with Gasteiger partial charge in [-0.25, -0.2) is 12.8 Å². The molecule has 0 radical (unpaired) electrons. The van der Waals surface area contributed by atoms with Gasteiger partial charge in [-0.3, -0.25) is 10.1 Å². The van der Waals surface area contributed by atoms with Gasteiger partial charge in [0.15, 0.2) is 0 Å². The highest BCUT2D eigenvalue weighted by molar-refractivity contribution is 7.89. The minimum atomic E-state index is -4.19. The molecule has 10 heteroatoms. The largest absolute Gasteiger partial charge is 0.349 e. The van der Waals surface area contributed by atoms with Crippen molar-refractivity contribution in [3.05, 3.63) is 57.1 Å². The molecular weight excluding hydrogens is 361 g/mol. The third-order valence-corrected chi connectivity index (χ3v) is 6.36. The van der Waals surface area contributed by atoms with Crippen LogP contribution in [0.4, 0.5) is 10.1 Å². The summed E-state index contributed by atoms with van der Waals surface area (Å²) in [4.78, 5) is 9.26.